The van der Waals surface area contributed by atoms with Gasteiger partial charge in [-0.25, -0.2) is 0 Å². The first-order chi connectivity index (χ1) is 12.0. The van der Waals surface area contributed by atoms with Gasteiger partial charge in [-0.15, -0.1) is 10.2 Å². The summed E-state index contributed by atoms with van der Waals surface area (Å²) in [6.45, 7) is 3.98. The van der Waals surface area contributed by atoms with E-state index in [0.717, 1.165) is 5.69 Å². The fourth-order valence-corrected chi connectivity index (χ4v) is 3.28. The van der Waals surface area contributed by atoms with Gasteiger partial charge in [0.25, 0.3) is 5.56 Å². The number of ketones is 1. The van der Waals surface area contributed by atoms with Crippen LogP contribution in [0.5, 0.6) is 5.75 Å². The van der Waals surface area contributed by atoms with E-state index in [1.807, 2.05) is 13.8 Å². The van der Waals surface area contributed by atoms with Gasteiger partial charge in [0.15, 0.2) is 10.9 Å². The molecule has 25 heavy (non-hydrogen) atoms. The van der Waals surface area contributed by atoms with Crippen molar-refractivity contribution in [1.82, 2.24) is 19.6 Å². The summed E-state index contributed by atoms with van der Waals surface area (Å²) in [5.74, 6) is 1.43. The van der Waals surface area contributed by atoms with Gasteiger partial charge in [0, 0.05) is 17.3 Å². The molecule has 130 valence electrons. The quantitative estimate of drug-likeness (QED) is 0.538. The molecule has 2 heterocycles. The number of aromatic nitrogens is 4. The monoisotopic (exact) mass is 358 g/mol. The number of carbonyl (C=O) groups excluding carboxylic acids is 1. The first-order valence-corrected chi connectivity index (χ1v) is 8.76. The highest BCUT2D eigenvalue weighted by molar-refractivity contribution is 7.99. The summed E-state index contributed by atoms with van der Waals surface area (Å²) in [7, 11) is 1.58. The van der Waals surface area contributed by atoms with Gasteiger partial charge in [-0.05, 0) is 30.2 Å². The molecule has 7 nitrogen and oxygen atoms in total. The Kier molecular flexibility index (Phi) is 4.89. The van der Waals surface area contributed by atoms with Gasteiger partial charge in [0.2, 0.25) is 5.78 Å². The van der Waals surface area contributed by atoms with Crippen molar-refractivity contribution >= 4 is 23.3 Å². The average molecular weight is 358 g/mol. The van der Waals surface area contributed by atoms with Crippen molar-refractivity contribution in [3.8, 4) is 5.75 Å². The van der Waals surface area contributed by atoms with E-state index >= 15 is 0 Å². The molecule has 2 aromatic heterocycles. The molecule has 0 aliphatic carbocycles. The molecule has 0 saturated heterocycles. The van der Waals surface area contributed by atoms with Crippen molar-refractivity contribution in [3.63, 3.8) is 0 Å². The van der Waals surface area contributed by atoms with Gasteiger partial charge < -0.3 is 4.74 Å². The van der Waals surface area contributed by atoms with E-state index in [-0.39, 0.29) is 23.0 Å². The molecule has 3 aromatic rings. The van der Waals surface area contributed by atoms with E-state index < -0.39 is 0 Å². The van der Waals surface area contributed by atoms with Crippen LogP contribution in [0.2, 0.25) is 0 Å². The Hall–Kier alpha value is -2.61. The van der Waals surface area contributed by atoms with E-state index in [1.54, 1.807) is 35.8 Å². The fourth-order valence-electron chi connectivity index (χ4n) is 2.44. The number of nitrogens with zero attached hydrogens (tertiary/aromatic N) is 3. The fraction of sp³-hybridized carbons (Fsp3) is 0.294. The summed E-state index contributed by atoms with van der Waals surface area (Å²) in [5.41, 5.74) is 1.21. The molecule has 8 heteroatoms. The molecule has 0 spiro atoms. The Morgan fingerprint density at radius 3 is 2.64 bits per heavy atom. The lowest BCUT2D eigenvalue weighted by Crippen LogP contribution is -2.13. The first-order valence-electron chi connectivity index (χ1n) is 7.78. The highest BCUT2D eigenvalue weighted by Gasteiger charge is 2.16. The number of aromatic amines is 1. The average Bonchev–Trinajstić information content (AvgIpc) is 3.01. The number of hydrogen-bond acceptors (Lipinski definition) is 6. The van der Waals surface area contributed by atoms with Gasteiger partial charge in [-0.1, -0.05) is 25.6 Å². The largest absolute Gasteiger partial charge is 0.497 e. The summed E-state index contributed by atoms with van der Waals surface area (Å²) >= 11 is 1.29. The second-order valence-electron chi connectivity index (χ2n) is 5.80. The Bertz CT molecular complexity index is 960. The number of fused-ring (bicyclic) bond motifs is 1. The van der Waals surface area contributed by atoms with Gasteiger partial charge in [-0.2, -0.15) is 0 Å². The van der Waals surface area contributed by atoms with Crippen LogP contribution in [-0.4, -0.2) is 38.2 Å². The molecular formula is C17H18N4O3S. The summed E-state index contributed by atoms with van der Waals surface area (Å²) < 4.78 is 6.88. The lowest BCUT2D eigenvalue weighted by Gasteiger charge is -2.09. The molecule has 0 fully saturated rings. The number of thioether (sulfide) groups is 1. The zero-order valence-electron chi connectivity index (χ0n) is 14.1. The van der Waals surface area contributed by atoms with Crippen LogP contribution in [0.1, 0.15) is 35.8 Å². The zero-order chi connectivity index (χ0) is 18.0. The standard InChI is InChI=1S/C17H18N4O3S/c1-10(2)13-8-15(23)18-16-19-20-17(21(13)16)25-9-14(22)11-4-6-12(24-3)7-5-11/h4-8,10H,9H2,1-3H3,(H,18,19,23). The number of benzene rings is 1. The molecule has 0 bridgehead atoms. The summed E-state index contributed by atoms with van der Waals surface area (Å²) in [6, 6.07) is 8.52. The lowest BCUT2D eigenvalue weighted by molar-refractivity contribution is 0.102. The van der Waals surface area contributed by atoms with E-state index in [1.165, 1.54) is 17.8 Å². The van der Waals surface area contributed by atoms with Crippen LogP contribution in [0, 0.1) is 0 Å². The number of H-pyrrole nitrogens is 1. The van der Waals surface area contributed by atoms with E-state index in [9.17, 15) is 9.59 Å². The summed E-state index contributed by atoms with van der Waals surface area (Å²) in [5, 5.41) is 8.69. The minimum absolute atomic E-state index is 0.0140. The molecule has 0 unspecified atom stereocenters. The molecule has 0 aliphatic rings. The maximum atomic E-state index is 12.4. The van der Waals surface area contributed by atoms with Crippen molar-refractivity contribution in [2.24, 2.45) is 0 Å². The number of hydrogen-bond donors (Lipinski definition) is 1. The molecule has 1 aromatic carbocycles. The smallest absolute Gasteiger partial charge is 0.252 e. The predicted molar refractivity (Wildman–Crippen MR) is 95.7 cm³/mol. The van der Waals surface area contributed by atoms with Gasteiger partial charge in [0.05, 0.1) is 12.9 Å². The van der Waals surface area contributed by atoms with Crippen LogP contribution in [0.25, 0.3) is 5.78 Å². The van der Waals surface area contributed by atoms with Crippen LogP contribution in [0.3, 0.4) is 0 Å². The van der Waals surface area contributed by atoms with Crippen LogP contribution in [0.4, 0.5) is 0 Å². The third kappa shape index (κ3) is 3.58. The lowest BCUT2D eigenvalue weighted by atomic mass is 10.1. The van der Waals surface area contributed by atoms with Crippen LogP contribution in [0.15, 0.2) is 40.3 Å². The zero-order valence-corrected chi connectivity index (χ0v) is 15.0. The van der Waals surface area contributed by atoms with Crippen LogP contribution < -0.4 is 10.3 Å². The van der Waals surface area contributed by atoms with Crippen molar-refractivity contribution in [2.75, 3.05) is 12.9 Å². The first kappa shape index (κ1) is 17.2. The third-order valence-corrected chi connectivity index (χ3v) is 4.67. The second kappa shape index (κ2) is 7.10. The molecule has 3 rings (SSSR count). The molecule has 1 N–H and O–H groups in total. The van der Waals surface area contributed by atoms with Crippen LogP contribution in [-0.2, 0) is 0 Å². The van der Waals surface area contributed by atoms with Crippen molar-refractivity contribution in [2.45, 2.75) is 24.9 Å². The minimum Gasteiger partial charge on any atom is -0.497 e. The predicted octanol–water partition coefficient (Wildman–Crippen LogP) is 2.52. The number of Topliss-reactive ketones (excluding diaryl/α,β-unsaturated/α-hetero) is 1. The number of rotatable bonds is 6. The molecular weight excluding hydrogens is 340 g/mol. The highest BCUT2D eigenvalue weighted by Crippen LogP contribution is 2.22. The molecule has 0 aliphatic heterocycles. The Morgan fingerprint density at radius 2 is 2.00 bits per heavy atom. The van der Waals surface area contributed by atoms with Crippen molar-refractivity contribution < 1.29 is 9.53 Å². The van der Waals surface area contributed by atoms with Gasteiger partial charge in [0.1, 0.15) is 5.75 Å². The topological polar surface area (TPSA) is 89.3 Å². The number of nitrogens with one attached hydrogen (secondary N) is 1. The Morgan fingerprint density at radius 1 is 1.28 bits per heavy atom. The second-order valence-corrected chi connectivity index (χ2v) is 6.74. The number of methoxy groups -OCH3 is 1. The van der Waals surface area contributed by atoms with Crippen molar-refractivity contribution in [3.05, 3.63) is 51.9 Å². The van der Waals surface area contributed by atoms with Crippen LogP contribution >= 0.6 is 11.8 Å². The molecule has 0 radical (unpaired) electrons. The SMILES string of the molecule is COc1ccc(C(=O)CSc2nnc3[nH]c(=O)cc(C(C)C)n23)cc1. The normalized spacial score (nSPS) is 11.2. The minimum atomic E-state index is -0.213. The summed E-state index contributed by atoms with van der Waals surface area (Å²) in [4.78, 5) is 26.7. The maximum absolute atomic E-state index is 12.4. The summed E-state index contributed by atoms with van der Waals surface area (Å²) in [6.07, 6.45) is 0. The van der Waals surface area contributed by atoms with Crippen molar-refractivity contribution in [1.29, 1.82) is 0 Å². The van der Waals surface area contributed by atoms with Gasteiger partial charge in [-0.3, -0.25) is 19.0 Å². The van der Waals surface area contributed by atoms with E-state index in [2.05, 4.69) is 15.2 Å². The molecule has 0 atom stereocenters. The highest BCUT2D eigenvalue weighted by atomic mass is 32.2. The Balaban J connectivity index is 1.83. The number of carbonyl (C=O) groups is 1. The van der Waals surface area contributed by atoms with E-state index in [4.69, 9.17) is 4.74 Å². The molecule has 0 saturated carbocycles. The number of ether oxygens (including phenoxy) is 1. The van der Waals surface area contributed by atoms with Gasteiger partial charge >= 0.3 is 0 Å². The third-order valence-electron chi connectivity index (χ3n) is 3.74. The maximum Gasteiger partial charge on any atom is 0.252 e. The van der Waals surface area contributed by atoms with E-state index in [0.29, 0.717) is 22.2 Å². The Labute approximate surface area is 148 Å². The molecule has 0 amide bonds.